The van der Waals surface area contributed by atoms with E-state index in [9.17, 15) is 9.59 Å². The monoisotopic (exact) mass is 363 g/mol. The van der Waals surface area contributed by atoms with Crippen molar-refractivity contribution in [1.82, 2.24) is 14.9 Å². The molecule has 0 aliphatic rings. The number of amides is 1. The van der Waals surface area contributed by atoms with Crippen LogP contribution in [0.25, 0.3) is 11.0 Å². The number of hydrogen-bond acceptors (Lipinski definition) is 3. The molecule has 0 unspecified atom stereocenters. The zero-order chi connectivity index (χ0) is 19.6. The Kier molecular flexibility index (Phi) is 5.40. The second-order valence-electron chi connectivity index (χ2n) is 6.96. The second kappa shape index (κ2) is 7.74. The maximum Gasteiger partial charge on any atom is 0.272 e. The molecule has 5 heteroatoms. The fourth-order valence-electron chi connectivity index (χ4n) is 3.07. The van der Waals surface area contributed by atoms with Crippen molar-refractivity contribution >= 4 is 16.9 Å². The number of hydrogen-bond donors (Lipinski definition) is 1. The summed E-state index contributed by atoms with van der Waals surface area (Å²) in [6.45, 7) is 8.21. The molecule has 0 fully saturated rings. The highest BCUT2D eigenvalue weighted by Gasteiger charge is 2.13. The van der Waals surface area contributed by atoms with Crippen LogP contribution in [0.15, 0.2) is 41.2 Å². The van der Waals surface area contributed by atoms with Gasteiger partial charge in [-0.25, -0.2) is 4.98 Å². The minimum atomic E-state index is -0.229. The molecular weight excluding hydrogens is 338 g/mol. The molecular formula is C22H25N3O2. The predicted octanol–water partition coefficient (Wildman–Crippen LogP) is 3.20. The molecule has 0 radical (unpaired) electrons. The van der Waals surface area contributed by atoms with Crippen molar-refractivity contribution in [3.8, 4) is 0 Å². The van der Waals surface area contributed by atoms with Gasteiger partial charge in [-0.1, -0.05) is 31.2 Å². The van der Waals surface area contributed by atoms with Crippen LogP contribution in [0.3, 0.4) is 0 Å². The van der Waals surface area contributed by atoms with E-state index in [1.807, 2.05) is 38.1 Å². The van der Waals surface area contributed by atoms with E-state index in [2.05, 4.69) is 29.4 Å². The van der Waals surface area contributed by atoms with Gasteiger partial charge in [0, 0.05) is 6.54 Å². The van der Waals surface area contributed by atoms with Crippen LogP contribution in [0.5, 0.6) is 0 Å². The van der Waals surface area contributed by atoms with E-state index in [0.717, 1.165) is 28.6 Å². The number of carbonyl (C=O) groups is 1. The summed E-state index contributed by atoms with van der Waals surface area (Å²) >= 11 is 0. The normalized spacial score (nSPS) is 11.0. The van der Waals surface area contributed by atoms with Crippen LogP contribution in [0.2, 0.25) is 0 Å². The number of carbonyl (C=O) groups excluding carboxylic acids is 1. The molecule has 0 aliphatic heterocycles. The molecule has 3 rings (SSSR count). The number of rotatable bonds is 5. The molecule has 1 N–H and O–H groups in total. The average molecular weight is 363 g/mol. The Morgan fingerprint density at radius 2 is 1.67 bits per heavy atom. The van der Waals surface area contributed by atoms with Gasteiger partial charge in [-0.05, 0) is 61.6 Å². The van der Waals surface area contributed by atoms with Crippen LogP contribution in [-0.4, -0.2) is 15.5 Å². The van der Waals surface area contributed by atoms with Crippen molar-refractivity contribution < 1.29 is 4.79 Å². The van der Waals surface area contributed by atoms with Gasteiger partial charge in [-0.2, -0.15) is 0 Å². The van der Waals surface area contributed by atoms with Gasteiger partial charge in [0.25, 0.3) is 5.56 Å². The maximum absolute atomic E-state index is 12.6. The predicted molar refractivity (Wildman–Crippen MR) is 108 cm³/mol. The molecule has 140 valence electrons. The first-order chi connectivity index (χ1) is 12.9. The van der Waals surface area contributed by atoms with Crippen molar-refractivity contribution in [3.63, 3.8) is 0 Å². The fourth-order valence-corrected chi connectivity index (χ4v) is 3.07. The molecule has 5 nitrogen and oxygen atoms in total. The Bertz CT molecular complexity index is 1050. The van der Waals surface area contributed by atoms with E-state index < -0.39 is 0 Å². The van der Waals surface area contributed by atoms with Gasteiger partial charge < -0.3 is 5.32 Å². The number of fused-ring (bicyclic) bond motifs is 1. The lowest BCUT2D eigenvalue weighted by atomic mass is 10.1. The highest BCUT2D eigenvalue weighted by atomic mass is 16.2. The van der Waals surface area contributed by atoms with E-state index in [0.29, 0.717) is 17.8 Å². The Morgan fingerprint density at radius 3 is 2.33 bits per heavy atom. The van der Waals surface area contributed by atoms with Crippen LogP contribution < -0.4 is 10.9 Å². The molecule has 0 saturated carbocycles. The van der Waals surface area contributed by atoms with Gasteiger partial charge in [-0.15, -0.1) is 0 Å². The minimum Gasteiger partial charge on any atom is -0.350 e. The molecule has 2 aromatic carbocycles. The largest absolute Gasteiger partial charge is 0.350 e. The minimum absolute atomic E-state index is 0.0196. The van der Waals surface area contributed by atoms with Gasteiger partial charge in [0.05, 0.1) is 11.0 Å². The summed E-state index contributed by atoms with van der Waals surface area (Å²) in [6, 6.07) is 12.1. The first kappa shape index (κ1) is 18.8. The molecule has 1 heterocycles. The summed E-state index contributed by atoms with van der Waals surface area (Å²) in [5.74, 6) is -0.193. The van der Waals surface area contributed by atoms with Crippen molar-refractivity contribution in [2.75, 3.05) is 0 Å². The third-order valence-electron chi connectivity index (χ3n) is 4.95. The smallest absolute Gasteiger partial charge is 0.272 e. The van der Waals surface area contributed by atoms with Crippen molar-refractivity contribution in [2.24, 2.45) is 0 Å². The van der Waals surface area contributed by atoms with Crippen molar-refractivity contribution in [1.29, 1.82) is 0 Å². The number of nitrogens with one attached hydrogen (secondary N) is 1. The first-order valence-electron chi connectivity index (χ1n) is 9.22. The number of nitrogens with zero attached hydrogens (tertiary/aromatic N) is 2. The molecule has 1 amide bonds. The number of aryl methyl sites for hydroxylation is 4. The Morgan fingerprint density at radius 1 is 1.04 bits per heavy atom. The van der Waals surface area contributed by atoms with E-state index >= 15 is 0 Å². The van der Waals surface area contributed by atoms with Crippen molar-refractivity contribution in [2.45, 2.75) is 47.2 Å². The molecule has 0 bridgehead atoms. The molecule has 27 heavy (non-hydrogen) atoms. The lowest BCUT2D eigenvalue weighted by Crippen LogP contribution is -2.33. The third kappa shape index (κ3) is 4.08. The van der Waals surface area contributed by atoms with Crippen LogP contribution in [0.1, 0.15) is 34.9 Å². The van der Waals surface area contributed by atoms with Gasteiger partial charge in [0.15, 0.2) is 0 Å². The second-order valence-corrected chi connectivity index (χ2v) is 6.96. The number of benzene rings is 2. The van der Waals surface area contributed by atoms with E-state index in [1.54, 1.807) is 6.92 Å². The topological polar surface area (TPSA) is 64.0 Å². The van der Waals surface area contributed by atoms with Gasteiger partial charge >= 0.3 is 0 Å². The summed E-state index contributed by atoms with van der Waals surface area (Å²) in [4.78, 5) is 29.4. The summed E-state index contributed by atoms with van der Waals surface area (Å²) in [5.41, 5.74) is 6.07. The zero-order valence-electron chi connectivity index (χ0n) is 16.3. The SMILES string of the molecule is CCc1ccc(CNC(=O)Cn2c(=O)c(C)nc3cc(C)c(C)cc32)cc1. The Balaban J connectivity index is 1.82. The van der Waals surface area contributed by atoms with E-state index in [4.69, 9.17) is 0 Å². The molecule has 0 saturated heterocycles. The average Bonchev–Trinajstić information content (AvgIpc) is 2.66. The highest BCUT2D eigenvalue weighted by molar-refractivity contribution is 5.81. The standard InChI is InChI=1S/C22H25N3O2/c1-5-17-6-8-18(9-7-17)12-23-21(26)13-25-20-11-15(3)14(2)10-19(20)24-16(4)22(25)27/h6-11H,5,12-13H2,1-4H3,(H,23,26). The van der Waals surface area contributed by atoms with Crippen LogP contribution in [-0.2, 0) is 24.3 Å². The van der Waals surface area contributed by atoms with Gasteiger partial charge in [0.2, 0.25) is 5.91 Å². The summed E-state index contributed by atoms with van der Waals surface area (Å²) in [6.07, 6.45) is 0.989. The van der Waals surface area contributed by atoms with E-state index in [1.165, 1.54) is 10.1 Å². The van der Waals surface area contributed by atoms with Gasteiger partial charge in [-0.3, -0.25) is 14.2 Å². The molecule has 0 atom stereocenters. The Hall–Kier alpha value is -2.95. The fraction of sp³-hybridized carbons (Fsp3) is 0.318. The quantitative estimate of drug-likeness (QED) is 0.757. The highest BCUT2D eigenvalue weighted by Crippen LogP contribution is 2.17. The lowest BCUT2D eigenvalue weighted by Gasteiger charge is -2.13. The third-order valence-corrected chi connectivity index (χ3v) is 4.95. The Labute approximate surface area is 159 Å². The van der Waals surface area contributed by atoms with E-state index in [-0.39, 0.29) is 18.0 Å². The zero-order valence-corrected chi connectivity index (χ0v) is 16.3. The molecule has 1 aromatic heterocycles. The summed E-state index contributed by atoms with van der Waals surface area (Å²) < 4.78 is 1.51. The molecule has 0 spiro atoms. The summed E-state index contributed by atoms with van der Waals surface area (Å²) in [5, 5.41) is 2.90. The first-order valence-corrected chi connectivity index (χ1v) is 9.22. The van der Waals surface area contributed by atoms with Gasteiger partial charge in [0.1, 0.15) is 12.2 Å². The molecule has 0 aliphatic carbocycles. The maximum atomic E-state index is 12.6. The lowest BCUT2D eigenvalue weighted by molar-refractivity contribution is -0.121. The van der Waals surface area contributed by atoms with Crippen LogP contribution in [0, 0.1) is 20.8 Å². The van der Waals surface area contributed by atoms with Crippen molar-refractivity contribution in [3.05, 3.63) is 74.7 Å². The number of aromatic nitrogens is 2. The van der Waals surface area contributed by atoms with Crippen LogP contribution in [0.4, 0.5) is 0 Å². The summed E-state index contributed by atoms with van der Waals surface area (Å²) in [7, 11) is 0. The van der Waals surface area contributed by atoms with Crippen LogP contribution >= 0.6 is 0 Å². The molecule has 3 aromatic rings.